The molecular formula is C7H14N2O2. The average molecular weight is 158 g/mol. The lowest BCUT2D eigenvalue weighted by atomic mass is 9.93. The molecule has 4 nitrogen and oxygen atoms in total. The van der Waals surface area contributed by atoms with Gasteiger partial charge < -0.3 is 15.2 Å². The van der Waals surface area contributed by atoms with Crippen LogP contribution in [0.4, 0.5) is 0 Å². The molecule has 0 aromatic rings. The third-order valence-electron chi connectivity index (χ3n) is 2.18. The zero-order valence-corrected chi connectivity index (χ0v) is 6.72. The number of hydrogen-bond donors (Lipinski definition) is 2. The standard InChI is InChI=1S/C7H14N2O2/c1-10-7(6(8)9)2-4-11-5-3-7/h2-5H2,1H3,(H3,8,9). The molecule has 0 bridgehead atoms. The van der Waals surface area contributed by atoms with Crippen molar-refractivity contribution in [1.82, 2.24) is 0 Å². The second kappa shape index (κ2) is 3.19. The van der Waals surface area contributed by atoms with Crippen LogP contribution in [0.3, 0.4) is 0 Å². The number of nitrogens with one attached hydrogen (secondary N) is 1. The lowest BCUT2D eigenvalue weighted by Gasteiger charge is -2.34. The maximum atomic E-state index is 7.33. The van der Waals surface area contributed by atoms with Crippen molar-refractivity contribution < 1.29 is 9.47 Å². The zero-order chi connectivity index (χ0) is 8.32. The van der Waals surface area contributed by atoms with E-state index in [1.807, 2.05) is 0 Å². The molecule has 0 amide bonds. The normalized spacial score (nSPS) is 23.0. The Bertz CT molecular complexity index is 153. The van der Waals surface area contributed by atoms with E-state index < -0.39 is 5.60 Å². The maximum Gasteiger partial charge on any atom is 0.128 e. The summed E-state index contributed by atoms with van der Waals surface area (Å²) in [5.74, 6) is 0.114. The Hall–Kier alpha value is -0.610. The highest BCUT2D eigenvalue weighted by molar-refractivity contribution is 5.86. The van der Waals surface area contributed by atoms with E-state index in [4.69, 9.17) is 20.6 Å². The largest absolute Gasteiger partial charge is 0.385 e. The summed E-state index contributed by atoms with van der Waals surface area (Å²) >= 11 is 0. The summed E-state index contributed by atoms with van der Waals surface area (Å²) in [5, 5.41) is 7.33. The SMILES string of the molecule is COC1(C(=N)N)CCOCC1. The number of methoxy groups -OCH3 is 1. The van der Waals surface area contributed by atoms with Crippen molar-refractivity contribution in [3.05, 3.63) is 0 Å². The van der Waals surface area contributed by atoms with Gasteiger partial charge in [0.25, 0.3) is 0 Å². The lowest BCUT2D eigenvalue weighted by Crippen LogP contribution is -2.49. The van der Waals surface area contributed by atoms with Crippen LogP contribution < -0.4 is 5.73 Å². The van der Waals surface area contributed by atoms with Gasteiger partial charge in [-0.25, -0.2) is 0 Å². The molecule has 1 saturated heterocycles. The predicted molar refractivity (Wildman–Crippen MR) is 41.7 cm³/mol. The molecule has 0 saturated carbocycles. The van der Waals surface area contributed by atoms with E-state index in [2.05, 4.69) is 0 Å². The molecule has 64 valence electrons. The first-order valence-corrected chi connectivity index (χ1v) is 3.69. The Morgan fingerprint density at radius 3 is 2.36 bits per heavy atom. The molecule has 11 heavy (non-hydrogen) atoms. The molecule has 4 heteroatoms. The Morgan fingerprint density at radius 2 is 2.09 bits per heavy atom. The van der Waals surface area contributed by atoms with Gasteiger partial charge in [0, 0.05) is 33.2 Å². The van der Waals surface area contributed by atoms with E-state index in [0.717, 1.165) is 0 Å². The van der Waals surface area contributed by atoms with Crippen molar-refractivity contribution in [1.29, 1.82) is 5.41 Å². The van der Waals surface area contributed by atoms with Gasteiger partial charge in [-0.1, -0.05) is 0 Å². The predicted octanol–water partition coefficient (Wildman–Crippen LogP) is 0.118. The van der Waals surface area contributed by atoms with Crippen LogP contribution in [-0.4, -0.2) is 31.8 Å². The minimum absolute atomic E-state index is 0.114. The average Bonchev–Trinajstić information content (AvgIpc) is 2.05. The minimum Gasteiger partial charge on any atom is -0.385 e. The Labute approximate surface area is 66.2 Å². The van der Waals surface area contributed by atoms with Crippen molar-refractivity contribution in [2.75, 3.05) is 20.3 Å². The summed E-state index contributed by atoms with van der Waals surface area (Å²) in [5.41, 5.74) is 4.87. The van der Waals surface area contributed by atoms with Crippen molar-refractivity contribution in [3.8, 4) is 0 Å². The molecule has 0 unspecified atom stereocenters. The molecule has 0 aromatic heterocycles. The molecule has 0 spiro atoms. The van der Waals surface area contributed by atoms with E-state index in [-0.39, 0.29) is 5.84 Å². The molecule has 1 heterocycles. The molecule has 1 fully saturated rings. The van der Waals surface area contributed by atoms with Crippen LogP contribution in [-0.2, 0) is 9.47 Å². The van der Waals surface area contributed by atoms with Gasteiger partial charge in [-0.05, 0) is 0 Å². The summed E-state index contributed by atoms with van der Waals surface area (Å²) in [4.78, 5) is 0. The molecule has 1 aliphatic heterocycles. The summed E-state index contributed by atoms with van der Waals surface area (Å²) in [6, 6.07) is 0. The highest BCUT2D eigenvalue weighted by Gasteiger charge is 2.35. The van der Waals surface area contributed by atoms with Gasteiger partial charge >= 0.3 is 0 Å². The molecule has 0 aliphatic carbocycles. The van der Waals surface area contributed by atoms with Crippen molar-refractivity contribution in [3.63, 3.8) is 0 Å². The van der Waals surface area contributed by atoms with E-state index in [1.54, 1.807) is 7.11 Å². The van der Waals surface area contributed by atoms with Gasteiger partial charge in [0.1, 0.15) is 11.4 Å². The van der Waals surface area contributed by atoms with Crippen LogP contribution in [0.15, 0.2) is 0 Å². The van der Waals surface area contributed by atoms with Crippen molar-refractivity contribution in [2.24, 2.45) is 5.73 Å². The van der Waals surface area contributed by atoms with Crippen LogP contribution in [0, 0.1) is 5.41 Å². The monoisotopic (exact) mass is 158 g/mol. The summed E-state index contributed by atoms with van der Waals surface area (Å²) in [6.45, 7) is 1.26. The summed E-state index contributed by atoms with van der Waals surface area (Å²) in [6.07, 6.45) is 1.39. The number of nitrogens with two attached hydrogens (primary N) is 1. The second-order valence-electron chi connectivity index (χ2n) is 2.72. The van der Waals surface area contributed by atoms with Gasteiger partial charge in [-0.15, -0.1) is 0 Å². The zero-order valence-electron chi connectivity index (χ0n) is 6.72. The van der Waals surface area contributed by atoms with Crippen molar-refractivity contribution in [2.45, 2.75) is 18.4 Å². The first kappa shape index (κ1) is 8.49. The highest BCUT2D eigenvalue weighted by atomic mass is 16.5. The van der Waals surface area contributed by atoms with Gasteiger partial charge in [0.2, 0.25) is 0 Å². The van der Waals surface area contributed by atoms with Gasteiger partial charge in [0.15, 0.2) is 0 Å². The quantitative estimate of drug-likeness (QED) is 0.443. The van der Waals surface area contributed by atoms with Crippen LogP contribution >= 0.6 is 0 Å². The smallest absolute Gasteiger partial charge is 0.128 e. The third kappa shape index (κ3) is 1.52. The number of amidine groups is 1. The molecule has 1 aliphatic rings. The van der Waals surface area contributed by atoms with Crippen LogP contribution in [0.1, 0.15) is 12.8 Å². The van der Waals surface area contributed by atoms with Gasteiger partial charge in [-0.3, -0.25) is 5.41 Å². The fourth-order valence-electron chi connectivity index (χ4n) is 1.28. The molecule has 1 rings (SSSR count). The fraction of sp³-hybridized carbons (Fsp3) is 0.857. The van der Waals surface area contributed by atoms with Gasteiger partial charge in [0.05, 0.1) is 0 Å². The Balaban J connectivity index is 2.64. The summed E-state index contributed by atoms with van der Waals surface area (Å²) in [7, 11) is 1.59. The van der Waals surface area contributed by atoms with Crippen LogP contribution in [0.5, 0.6) is 0 Å². The summed E-state index contributed by atoms with van der Waals surface area (Å²) < 4.78 is 10.4. The first-order valence-electron chi connectivity index (χ1n) is 3.69. The maximum absolute atomic E-state index is 7.33. The Morgan fingerprint density at radius 1 is 1.55 bits per heavy atom. The fourth-order valence-corrected chi connectivity index (χ4v) is 1.28. The molecule has 3 N–H and O–H groups in total. The van der Waals surface area contributed by atoms with Crippen molar-refractivity contribution >= 4 is 5.84 Å². The molecule has 0 radical (unpaired) electrons. The molecule has 0 atom stereocenters. The van der Waals surface area contributed by atoms with Crippen LogP contribution in [0.25, 0.3) is 0 Å². The topological polar surface area (TPSA) is 68.3 Å². The number of rotatable bonds is 2. The van der Waals surface area contributed by atoms with E-state index in [0.29, 0.717) is 26.1 Å². The lowest BCUT2D eigenvalue weighted by molar-refractivity contribution is -0.0471. The second-order valence-corrected chi connectivity index (χ2v) is 2.72. The first-order chi connectivity index (χ1) is 5.21. The third-order valence-corrected chi connectivity index (χ3v) is 2.18. The number of hydrogen-bond acceptors (Lipinski definition) is 3. The van der Waals surface area contributed by atoms with E-state index in [1.165, 1.54) is 0 Å². The minimum atomic E-state index is -0.543. The van der Waals surface area contributed by atoms with Crippen LogP contribution in [0.2, 0.25) is 0 Å². The van der Waals surface area contributed by atoms with E-state index in [9.17, 15) is 0 Å². The highest BCUT2D eigenvalue weighted by Crippen LogP contribution is 2.23. The Kier molecular flexibility index (Phi) is 2.46. The van der Waals surface area contributed by atoms with E-state index >= 15 is 0 Å². The molecule has 0 aromatic carbocycles. The molecular weight excluding hydrogens is 144 g/mol. The number of ether oxygens (including phenoxy) is 2. The van der Waals surface area contributed by atoms with Gasteiger partial charge in [-0.2, -0.15) is 0 Å².